The molecule has 0 aliphatic rings. The Morgan fingerprint density at radius 2 is 2.00 bits per heavy atom. The first kappa shape index (κ1) is 10.5. The molecule has 2 rings (SSSR count). The zero-order valence-electron chi connectivity index (χ0n) is 7.92. The summed E-state index contributed by atoms with van der Waals surface area (Å²) in [5, 5.41) is 8.30. The molecule has 0 spiro atoms. The molecular weight excluding hydrogens is 235 g/mol. The minimum atomic E-state index is -0.268. The van der Waals surface area contributed by atoms with Gasteiger partial charge in [0, 0.05) is 5.56 Å². The van der Waals surface area contributed by atoms with E-state index in [1.165, 1.54) is 23.9 Å². The van der Waals surface area contributed by atoms with Gasteiger partial charge in [-0.1, -0.05) is 11.6 Å². The molecule has 0 unspecified atom stereocenters. The molecule has 0 saturated carbocycles. The van der Waals surface area contributed by atoms with Gasteiger partial charge in [0.1, 0.15) is 21.6 Å². The van der Waals surface area contributed by atoms with Crippen molar-refractivity contribution in [1.82, 2.24) is 10.2 Å². The lowest BCUT2D eigenvalue weighted by Gasteiger charge is -1.97. The lowest BCUT2D eigenvalue weighted by molar-refractivity contribution is 0.628. The number of thioether (sulfide) groups is 1. The minimum Gasteiger partial charge on any atom is -0.270 e. The molecule has 1 aromatic carbocycles. The number of rotatable bonds is 2. The number of nitrogens with one attached hydrogen (secondary N) is 1. The summed E-state index contributed by atoms with van der Waals surface area (Å²) in [6.07, 6.45) is 1.91. The largest absolute Gasteiger partial charge is 0.270 e. The van der Waals surface area contributed by atoms with Gasteiger partial charge in [0.25, 0.3) is 0 Å². The predicted octanol–water partition coefficient (Wildman–Crippen LogP) is 3.59. The third kappa shape index (κ3) is 2.01. The van der Waals surface area contributed by atoms with Crippen molar-refractivity contribution < 1.29 is 4.39 Å². The molecule has 1 N–H and O–H groups in total. The maximum absolute atomic E-state index is 12.7. The highest BCUT2D eigenvalue weighted by Gasteiger charge is 2.11. The Labute approximate surface area is 95.8 Å². The van der Waals surface area contributed by atoms with Gasteiger partial charge in [0.2, 0.25) is 0 Å². The summed E-state index contributed by atoms with van der Waals surface area (Å²) >= 11 is 7.58. The first-order valence-electron chi connectivity index (χ1n) is 4.26. The van der Waals surface area contributed by atoms with Crippen molar-refractivity contribution in [2.75, 3.05) is 6.26 Å². The Morgan fingerprint density at radius 3 is 2.53 bits per heavy atom. The van der Waals surface area contributed by atoms with E-state index in [9.17, 15) is 4.39 Å². The summed E-state index contributed by atoms with van der Waals surface area (Å²) in [5.41, 5.74) is 1.46. The van der Waals surface area contributed by atoms with Gasteiger partial charge in [-0.3, -0.25) is 5.10 Å². The van der Waals surface area contributed by atoms with Crippen LogP contribution in [0.2, 0.25) is 5.02 Å². The maximum Gasteiger partial charge on any atom is 0.123 e. The standard InChI is InChI=1S/C10H8ClFN2S/c1-15-10-8(11)9(13-14-10)6-2-4-7(12)5-3-6/h2-5H,1H3,(H,13,14). The number of nitrogens with zero attached hydrogens (tertiary/aromatic N) is 1. The third-order valence-electron chi connectivity index (χ3n) is 2.00. The zero-order valence-corrected chi connectivity index (χ0v) is 9.49. The van der Waals surface area contributed by atoms with E-state index in [1.807, 2.05) is 6.26 Å². The highest BCUT2D eigenvalue weighted by Crippen LogP contribution is 2.32. The van der Waals surface area contributed by atoms with E-state index in [1.54, 1.807) is 12.1 Å². The molecule has 15 heavy (non-hydrogen) atoms. The van der Waals surface area contributed by atoms with Crippen LogP contribution in [0.3, 0.4) is 0 Å². The Bertz CT molecular complexity index is 467. The van der Waals surface area contributed by atoms with Crippen LogP contribution in [-0.2, 0) is 0 Å². The molecule has 0 atom stereocenters. The molecule has 78 valence electrons. The second-order valence-electron chi connectivity index (χ2n) is 2.93. The van der Waals surface area contributed by atoms with Crippen LogP contribution < -0.4 is 0 Å². The smallest absolute Gasteiger partial charge is 0.123 e. The normalized spacial score (nSPS) is 10.6. The quantitative estimate of drug-likeness (QED) is 0.816. The molecule has 0 aliphatic heterocycles. The molecule has 0 fully saturated rings. The molecule has 5 heteroatoms. The molecule has 0 radical (unpaired) electrons. The third-order valence-corrected chi connectivity index (χ3v) is 3.18. The predicted molar refractivity (Wildman–Crippen MR) is 60.8 cm³/mol. The van der Waals surface area contributed by atoms with Crippen LogP contribution in [0.1, 0.15) is 0 Å². The highest BCUT2D eigenvalue weighted by atomic mass is 35.5. The second-order valence-corrected chi connectivity index (χ2v) is 4.12. The summed E-state index contributed by atoms with van der Waals surface area (Å²) in [6, 6.07) is 6.08. The summed E-state index contributed by atoms with van der Waals surface area (Å²) in [4.78, 5) is 0. The number of hydrogen-bond donors (Lipinski definition) is 1. The van der Waals surface area contributed by atoms with E-state index >= 15 is 0 Å². The Hall–Kier alpha value is -1.00. The SMILES string of the molecule is CSc1[nH]nc(-c2ccc(F)cc2)c1Cl. The average molecular weight is 243 g/mol. The lowest BCUT2D eigenvalue weighted by Crippen LogP contribution is -1.79. The molecule has 0 saturated heterocycles. The molecule has 1 aromatic heterocycles. The van der Waals surface area contributed by atoms with Crippen molar-refractivity contribution >= 4 is 23.4 Å². The molecule has 2 aromatic rings. The number of halogens is 2. The molecular formula is C10H8ClFN2S. The average Bonchev–Trinajstić information content (AvgIpc) is 2.61. The van der Waals surface area contributed by atoms with Gasteiger partial charge in [-0.15, -0.1) is 11.8 Å². The van der Waals surface area contributed by atoms with E-state index < -0.39 is 0 Å². The van der Waals surface area contributed by atoms with Crippen LogP contribution in [0.5, 0.6) is 0 Å². The minimum absolute atomic E-state index is 0.268. The number of benzene rings is 1. The fourth-order valence-corrected chi connectivity index (χ4v) is 2.08. The van der Waals surface area contributed by atoms with Crippen molar-refractivity contribution in [3.8, 4) is 11.3 Å². The number of aromatic amines is 1. The summed E-state index contributed by atoms with van der Waals surface area (Å²) in [7, 11) is 0. The van der Waals surface area contributed by atoms with E-state index in [2.05, 4.69) is 10.2 Å². The first-order chi connectivity index (χ1) is 7.22. The fourth-order valence-electron chi connectivity index (χ4n) is 1.25. The summed E-state index contributed by atoms with van der Waals surface area (Å²) in [6.45, 7) is 0. The van der Waals surface area contributed by atoms with Gasteiger partial charge in [-0.2, -0.15) is 5.10 Å². The molecule has 0 aliphatic carbocycles. The van der Waals surface area contributed by atoms with E-state index in [-0.39, 0.29) is 5.82 Å². The topological polar surface area (TPSA) is 28.7 Å². The summed E-state index contributed by atoms with van der Waals surface area (Å²) < 4.78 is 12.7. The number of hydrogen-bond acceptors (Lipinski definition) is 2. The van der Waals surface area contributed by atoms with Gasteiger partial charge in [-0.05, 0) is 30.5 Å². The van der Waals surface area contributed by atoms with Crippen molar-refractivity contribution in [1.29, 1.82) is 0 Å². The zero-order chi connectivity index (χ0) is 10.8. The van der Waals surface area contributed by atoms with Gasteiger partial charge < -0.3 is 0 Å². The lowest BCUT2D eigenvalue weighted by atomic mass is 10.1. The van der Waals surface area contributed by atoms with E-state index in [0.29, 0.717) is 10.7 Å². The molecule has 0 bridgehead atoms. The number of H-pyrrole nitrogens is 1. The van der Waals surface area contributed by atoms with Crippen LogP contribution in [-0.4, -0.2) is 16.5 Å². The van der Waals surface area contributed by atoms with Gasteiger partial charge in [-0.25, -0.2) is 4.39 Å². The second kappa shape index (κ2) is 4.24. The van der Waals surface area contributed by atoms with E-state index in [0.717, 1.165) is 10.6 Å². The number of aromatic nitrogens is 2. The van der Waals surface area contributed by atoms with Crippen LogP contribution >= 0.6 is 23.4 Å². The van der Waals surface area contributed by atoms with Crippen molar-refractivity contribution in [3.05, 3.63) is 35.1 Å². The monoisotopic (exact) mass is 242 g/mol. The highest BCUT2D eigenvalue weighted by molar-refractivity contribution is 7.98. The van der Waals surface area contributed by atoms with Crippen LogP contribution in [0.15, 0.2) is 29.3 Å². The fraction of sp³-hybridized carbons (Fsp3) is 0.100. The van der Waals surface area contributed by atoms with Crippen LogP contribution in [0.4, 0.5) is 4.39 Å². The molecule has 2 nitrogen and oxygen atoms in total. The molecule has 0 amide bonds. The van der Waals surface area contributed by atoms with Gasteiger partial charge >= 0.3 is 0 Å². The van der Waals surface area contributed by atoms with Crippen molar-refractivity contribution in [2.24, 2.45) is 0 Å². The van der Waals surface area contributed by atoms with E-state index in [4.69, 9.17) is 11.6 Å². The molecule has 1 heterocycles. The maximum atomic E-state index is 12.7. The van der Waals surface area contributed by atoms with Crippen LogP contribution in [0.25, 0.3) is 11.3 Å². The Morgan fingerprint density at radius 1 is 1.33 bits per heavy atom. The van der Waals surface area contributed by atoms with Gasteiger partial charge in [0.15, 0.2) is 0 Å². The Kier molecular flexibility index (Phi) is 2.98. The van der Waals surface area contributed by atoms with Crippen molar-refractivity contribution in [3.63, 3.8) is 0 Å². The summed E-state index contributed by atoms with van der Waals surface area (Å²) in [5.74, 6) is -0.268. The van der Waals surface area contributed by atoms with Gasteiger partial charge in [0.05, 0.1) is 0 Å². The van der Waals surface area contributed by atoms with Crippen molar-refractivity contribution in [2.45, 2.75) is 5.03 Å². The Balaban J connectivity index is 2.45. The first-order valence-corrected chi connectivity index (χ1v) is 5.86. The van der Waals surface area contributed by atoms with Crippen LogP contribution in [0, 0.1) is 5.82 Å².